The van der Waals surface area contributed by atoms with E-state index >= 15 is 0 Å². The summed E-state index contributed by atoms with van der Waals surface area (Å²) in [5.41, 5.74) is 0. The average molecular weight is 186 g/mol. The van der Waals surface area contributed by atoms with E-state index in [-0.39, 0.29) is 18.5 Å². The summed E-state index contributed by atoms with van der Waals surface area (Å²) in [7, 11) is 0. The summed E-state index contributed by atoms with van der Waals surface area (Å²) in [4.78, 5) is 10.7. The second kappa shape index (κ2) is 8.05. The molecule has 0 aliphatic rings. The smallest absolute Gasteiger partial charge is 0.305 e. The summed E-state index contributed by atoms with van der Waals surface area (Å²) >= 11 is 0. The van der Waals surface area contributed by atoms with Crippen LogP contribution in [-0.4, -0.2) is 25.3 Å². The molecule has 1 unspecified atom stereocenters. The van der Waals surface area contributed by atoms with Crippen molar-refractivity contribution in [1.29, 1.82) is 0 Å². The molecule has 3 nitrogen and oxygen atoms in total. The van der Waals surface area contributed by atoms with Gasteiger partial charge in [-0.25, -0.2) is 0 Å². The zero-order chi connectivity index (χ0) is 10.1. The van der Waals surface area contributed by atoms with Crippen molar-refractivity contribution in [3.8, 4) is 0 Å². The molecule has 0 amide bonds. The number of hydrogen-bond acceptors (Lipinski definition) is 3. The van der Waals surface area contributed by atoms with E-state index in [1.807, 2.05) is 6.92 Å². The summed E-state index contributed by atoms with van der Waals surface area (Å²) in [5.74, 6) is -0.245. The standard InChI is InChI=1S/C10H18O3/c1-4-10(11)13-8-6-7-9(3)12-5-2/h9H,1-2,4-8H2,3H3. The molecule has 13 heavy (non-hydrogen) atoms. The Morgan fingerprint density at radius 3 is 2.69 bits per heavy atom. The lowest BCUT2D eigenvalue weighted by molar-refractivity contribution is -0.142. The second-order valence-electron chi connectivity index (χ2n) is 2.79. The molecule has 0 aliphatic heterocycles. The van der Waals surface area contributed by atoms with E-state index in [1.54, 1.807) is 0 Å². The Labute approximate surface area is 80.4 Å². The molecule has 0 aromatic carbocycles. The Bertz CT molecular complexity index is 134. The van der Waals surface area contributed by atoms with Gasteiger partial charge in [0.25, 0.3) is 0 Å². The Morgan fingerprint density at radius 2 is 2.15 bits per heavy atom. The van der Waals surface area contributed by atoms with Gasteiger partial charge in [0.2, 0.25) is 0 Å². The topological polar surface area (TPSA) is 35.5 Å². The monoisotopic (exact) mass is 186 g/mol. The first-order valence-corrected chi connectivity index (χ1v) is 4.56. The highest BCUT2D eigenvalue weighted by Gasteiger charge is 2.02. The summed E-state index contributed by atoms with van der Waals surface area (Å²) in [6.45, 7) is 9.92. The van der Waals surface area contributed by atoms with Crippen LogP contribution in [0.2, 0.25) is 0 Å². The van der Waals surface area contributed by atoms with Gasteiger partial charge in [-0.3, -0.25) is 4.79 Å². The zero-order valence-electron chi connectivity index (χ0n) is 8.25. The maximum atomic E-state index is 10.7. The Morgan fingerprint density at radius 1 is 1.46 bits per heavy atom. The van der Waals surface area contributed by atoms with Crippen molar-refractivity contribution in [3.63, 3.8) is 0 Å². The molecule has 0 spiro atoms. The molecule has 2 radical (unpaired) electrons. The van der Waals surface area contributed by atoms with Crippen molar-refractivity contribution in [2.45, 2.75) is 32.3 Å². The third kappa shape index (κ3) is 7.78. The minimum atomic E-state index is -0.245. The Kier molecular flexibility index (Phi) is 7.69. The Balaban J connectivity index is 3.20. The maximum absolute atomic E-state index is 10.7. The van der Waals surface area contributed by atoms with Crippen molar-refractivity contribution < 1.29 is 14.3 Å². The fourth-order valence-electron chi connectivity index (χ4n) is 0.913. The van der Waals surface area contributed by atoms with Gasteiger partial charge >= 0.3 is 5.97 Å². The number of esters is 1. The van der Waals surface area contributed by atoms with E-state index in [9.17, 15) is 4.79 Å². The lowest BCUT2D eigenvalue weighted by atomic mass is 10.2. The minimum absolute atomic E-state index is 0.191. The molecule has 0 aromatic rings. The number of carbonyl (C=O) groups is 1. The summed E-state index contributed by atoms with van der Waals surface area (Å²) in [6, 6.07) is 0. The lowest BCUT2D eigenvalue weighted by Crippen LogP contribution is -2.10. The van der Waals surface area contributed by atoms with Gasteiger partial charge in [0, 0.05) is 13.0 Å². The number of ether oxygens (including phenoxy) is 2. The van der Waals surface area contributed by atoms with Crippen LogP contribution in [0, 0.1) is 13.8 Å². The van der Waals surface area contributed by atoms with E-state index < -0.39 is 0 Å². The van der Waals surface area contributed by atoms with Gasteiger partial charge in [-0.15, -0.1) is 0 Å². The predicted molar refractivity (Wildman–Crippen MR) is 50.9 cm³/mol. The van der Waals surface area contributed by atoms with Crippen LogP contribution in [0.3, 0.4) is 0 Å². The largest absolute Gasteiger partial charge is 0.466 e. The van der Waals surface area contributed by atoms with Gasteiger partial charge in [0.1, 0.15) is 0 Å². The molecule has 0 aromatic heterocycles. The lowest BCUT2D eigenvalue weighted by Gasteiger charge is -2.10. The number of rotatable bonds is 7. The van der Waals surface area contributed by atoms with Crippen LogP contribution >= 0.6 is 0 Å². The molecule has 76 valence electrons. The van der Waals surface area contributed by atoms with Crippen LogP contribution in [0.4, 0.5) is 0 Å². The molecule has 0 saturated heterocycles. The second-order valence-corrected chi connectivity index (χ2v) is 2.79. The summed E-state index contributed by atoms with van der Waals surface area (Å²) in [5, 5.41) is 0. The molecule has 0 heterocycles. The zero-order valence-corrected chi connectivity index (χ0v) is 8.25. The molecular formula is C10H18O3. The summed E-state index contributed by atoms with van der Waals surface area (Å²) < 4.78 is 10.1. The number of carbonyl (C=O) groups excluding carboxylic acids is 1. The number of hydrogen-bond donors (Lipinski definition) is 0. The van der Waals surface area contributed by atoms with Crippen LogP contribution < -0.4 is 0 Å². The minimum Gasteiger partial charge on any atom is -0.466 e. The quantitative estimate of drug-likeness (QED) is 0.449. The highest BCUT2D eigenvalue weighted by Crippen LogP contribution is 2.01. The first-order valence-electron chi connectivity index (χ1n) is 4.56. The average Bonchev–Trinajstić information content (AvgIpc) is 2.12. The molecule has 0 N–H and O–H groups in total. The van der Waals surface area contributed by atoms with Crippen LogP contribution in [0.1, 0.15) is 26.2 Å². The van der Waals surface area contributed by atoms with Crippen LogP contribution in [-0.2, 0) is 14.3 Å². The molecular weight excluding hydrogens is 168 g/mol. The molecule has 1 atom stereocenters. The first kappa shape index (κ1) is 12.4. The Hall–Kier alpha value is -0.570. The van der Waals surface area contributed by atoms with Gasteiger partial charge in [-0.2, -0.15) is 0 Å². The molecule has 0 aliphatic carbocycles. The molecule has 3 heteroatoms. The van der Waals surface area contributed by atoms with Gasteiger partial charge in [0.05, 0.1) is 12.7 Å². The van der Waals surface area contributed by atoms with Gasteiger partial charge in [-0.05, 0) is 33.6 Å². The van der Waals surface area contributed by atoms with E-state index in [0.717, 1.165) is 12.8 Å². The van der Waals surface area contributed by atoms with Gasteiger partial charge < -0.3 is 9.47 Å². The third-order valence-corrected chi connectivity index (χ3v) is 1.62. The van der Waals surface area contributed by atoms with E-state index in [1.165, 1.54) is 0 Å². The van der Waals surface area contributed by atoms with E-state index in [2.05, 4.69) is 13.8 Å². The van der Waals surface area contributed by atoms with Crippen LogP contribution in [0.25, 0.3) is 0 Å². The normalized spacial score (nSPS) is 12.5. The fraction of sp³-hybridized carbons (Fsp3) is 0.700. The van der Waals surface area contributed by atoms with Crippen molar-refractivity contribution in [2.24, 2.45) is 0 Å². The molecule has 0 rings (SSSR count). The van der Waals surface area contributed by atoms with Crippen LogP contribution in [0.5, 0.6) is 0 Å². The molecule has 0 fully saturated rings. The third-order valence-electron chi connectivity index (χ3n) is 1.62. The van der Waals surface area contributed by atoms with E-state index in [0.29, 0.717) is 13.2 Å². The van der Waals surface area contributed by atoms with Crippen molar-refractivity contribution in [2.75, 3.05) is 13.2 Å². The summed E-state index contributed by atoms with van der Waals surface area (Å²) in [6.07, 6.45) is 2.11. The van der Waals surface area contributed by atoms with Crippen molar-refractivity contribution >= 4 is 5.97 Å². The van der Waals surface area contributed by atoms with Gasteiger partial charge in [0.15, 0.2) is 0 Å². The predicted octanol–water partition coefficient (Wildman–Crippen LogP) is 1.77. The van der Waals surface area contributed by atoms with Gasteiger partial charge in [-0.1, -0.05) is 0 Å². The molecule has 0 bridgehead atoms. The van der Waals surface area contributed by atoms with E-state index in [4.69, 9.17) is 9.47 Å². The van der Waals surface area contributed by atoms with Crippen LogP contribution in [0.15, 0.2) is 0 Å². The highest BCUT2D eigenvalue weighted by molar-refractivity contribution is 5.69. The van der Waals surface area contributed by atoms with Crippen molar-refractivity contribution in [3.05, 3.63) is 13.8 Å². The first-order chi connectivity index (χ1) is 6.20. The van der Waals surface area contributed by atoms with Crippen molar-refractivity contribution in [1.82, 2.24) is 0 Å². The highest BCUT2D eigenvalue weighted by atomic mass is 16.5. The molecule has 0 saturated carbocycles. The maximum Gasteiger partial charge on any atom is 0.305 e. The fourth-order valence-corrected chi connectivity index (χ4v) is 0.913. The SMILES string of the molecule is [CH2]COC(C)CCCOC(=O)C[CH2].